The molecule has 0 saturated carbocycles. The molecule has 1 fully saturated rings. The van der Waals surface area contributed by atoms with Crippen LogP contribution < -0.4 is 16.4 Å². The third-order valence-electron chi connectivity index (χ3n) is 4.54. The number of nitrogens with one attached hydrogen (secondary N) is 3. The van der Waals surface area contributed by atoms with Gasteiger partial charge in [0.05, 0.1) is 16.3 Å². The highest BCUT2D eigenvalue weighted by Gasteiger charge is 2.35. The molecule has 1 atom stereocenters. The van der Waals surface area contributed by atoms with Crippen LogP contribution in [0.2, 0.25) is 5.02 Å². The Morgan fingerprint density at radius 3 is 2.46 bits per heavy atom. The number of piperidine rings is 1. The van der Waals surface area contributed by atoms with Gasteiger partial charge in [-0.05, 0) is 50.9 Å². The first-order valence-electron chi connectivity index (χ1n) is 8.19. The van der Waals surface area contributed by atoms with Crippen molar-refractivity contribution in [3.05, 3.63) is 33.3 Å². The van der Waals surface area contributed by atoms with E-state index in [-0.39, 0.29) is 48.0 Å². The second kappa shape index (κ2) is 9.87. The highest BCUT2D eigenvalue weighted by atomic mass is 35.5. The van der Waals surface area contributed by atoms with Gasteiger partial charge in [0.2, 0.25) is 5.89 Å². The molecule has 158 valence electrons. The number of nitrogens with zero attached hydrogens (tertiary/aromatic N) is 1. The van der Waals surface area contributed by atoms with Gasteiger partial charge in [-0.25, -0.2) is 9.89 Å². The smallest absolute Gasteiger partial charge is 0.388 e. The van der Waals surface area contributed by atoms with Gasteiger partial charge in [0.1, 0.15) is 0 Å². The molecule has 1 saturated heterocycles. The summed E-state index contributed by atoms with van der Waals surface area (Å²) in [4.78, 5) is 11.1. The van der Waals surface area contributed by atoms with Gasteiger partial charge in [0.25, 0.3) is 0 Å². The van der Waals surface area contributed by atoms with Crippen molar-refractivity contribution >= 4 is 42.1 Å². The minimum Gasteiger partial charge on any atom is -0.388 e. The lowest BCUT2D eigenvalue weighted by molar-refractivity contribution is -0.137. The average Bonchev–Trinajstić information content (AvgIpc) is 3.03. The fraction of sp³-hybridized carbons (Fsp3) is 0.500. The number of anilines is 1. The largest absolute Gasteiger partial charge is 0.434 e. The van der Waals surface area contributed by atoms with E-state index in [1.165, 1.54) is 6.07 Å². The number of halogens is 6. The maximum absolute atomic E-state index is 13.4. The van der Waals surface area contributed by atoms with Gasteiger partial charge in [-0.1, -0.05) is 11.6 Å². The zero-order valence-corrected chi connectivity index (χ0v) is 17.1. The quantitative estimate of drug-likeness (QED) is 0.628. The first-order chi connectivity index (χ1) is 12.3. The standard InChI is InChI=1S/C16H18ClF3N4O2.2ClH/c1-8(9-2-4-21-5-3-9)22-12-7-10(14-23-24-15(25)26-14)6-11(13(12)17)16(18,19)20;;/h6-9,21-22H,2-5H2,1H3,(H,24,25);2*1H/t8-;;/m0../s1. The summed E-state index contributed by atoms with van der Waals surface area (Å²) < 4.78 is 44.9. The van der Waals surface area contributed by atoms with E-state index in [1.54, 1.807) is 0 Å². The molecular formula is C16H20Cl3F3N4O2. The molecular weight excluding hydrogens is 444 g/mol. The van der Waals surface area contributed by atoms with Gasteiger partial charge in [-0.2, -0.15) is 13.2 Å². The van der Waals surface area contributed by atoms with Gasteiger partial charge in [0.15, 0.2) is 0 Å². The molecule has 0 aliphatic carbocycles. The fourth-order valence-electron chi connectivity index (χ4n) is 3.12. The summed E-state index contributed by atoms with van der Waals surface area (Å²) in [6.45, 7) is 3.66. The zero-order chi connectivity index (χ0) is 18.9. The lowest BCUT2D eigenvalue weighted by Crippen LogP contribution is -2.36. The molecule has 1 aliphatic rings. The van der Waals surface area contributed by atoms with Crippen LogP contribution in [0.1, 0.15) is 25.3 Å². The molecule has 1 aliphatic heterocycles. The van der Waals surface area contributed by atoms with E-state index in [4.69, 9.17) is 16.0 Å². The number of rotatable bonds is 4. The second-order valence-corrected chi connectivity index (χ2v) is 6.70. The van der Waals surface area contributed by atoms with Crippen molar-refractivity contribution in [1.82, 2.24) is 15.5 Å². The molecule has 12 heteroatoms. The topological polar surface area (TPSA) is 83.0 Å². The van der Waals surface area contributed by atoms with Gasteiger partial charge >= 0.3 is 11.9 Å². The molecule has 3 rings (SSSR count). The second-order valence-electron chi connectivity index (χ2n) is 6.32. The molecule has 0 amide bonds. The van der Waals surface area contributed by atoms with Crippen LogP contribution in [0, 0.1) is 5.92 Å². The van der Waals surface area contributed by atoms with E-state index in [1.807, 2.05) is 12.0 Å². The Labute approximate surface area is 176 Å². The Balaban J connectivity index is 0.00000196. The summed E-state index contributed by atoms with van der Waals surface area (Å²) in [7, 11) is 0. The summed E-state index contributed by atoms with van der Waals surface area (Å²) in [6.07, 6.45) is -2.81. The van der Waals surface area contributed by atoms with Gasteiger partial charge < -0.3 is 15.1 Å². The van der Waals surface area contributed by atoms with E-state index >= 15 is 0 Å². The summed E-state index contributed by atoms with van der Waals surface area (Å²) in [5.41, 5.74) is -0.865. The minimum atomic E-state index is -4.65. The number of H-pyrrole nitrogens is 1. The molecule has 2 heterocycles. The molecule has 1 aromatic carbocycles. The highest BCUT2D eigenvalue weighted by Crippen LogP contribution is 2.41. The van der Waals surface area contributed by atoms with Gasteiger partial charge in [-0.3, -0.25) is 0 Å². The summed E-state index contributed by atoms with van der Waals surface area (Å²) >= 11 is 6.03. The molecule has 0 radical (unpaired) electrons. The molecule has 28 heavy (non-hydrogen) atoms. The molecule has 0 bridgehead atoms. The van der Waals surface area contributed by atoms with Crippen molar-refractivity contribution < 1.29 is 17.6 Å². The minimum absolute atomic E-state index is 0. The first-order valence-corrected chi connectivity index (χ1v) is 8.57. The molecule has 6 nitrogen and oxygen atoms in total. The van der Waals surface area contributed by atoms with Crippen molar-refractivity contribution in [2.45, 2.75) is 32.0 Å². The van der Waals surface area contributed by atoms with Crippen LogP contribution in [0.15, 0.2) is 21.3 Å². The van der Waals surface area contributed by atoms with Crippen LogP contribution in [0.5, 0.6) is 0 Å². The molecule has 1 aromatic heterocycles. The lowest BCUT2D eigenvalue weighted by Gasteiger charge is -2.30. The van der Waals surface area contributed by atoms with E-state index < -0.39 is 22.5 Å². The average molecular weight is 464 g/mol. The fourth-order valence-corrected chi connectivity index (χ4v) is 3.39. The monoisotopic (exact) mass is 462 g/mol. The van der Waals surface area contributed by atoms with E-state index in [2.05, 4.69) is 15.7 Å². The Kier molecular flexibility index (Phi) is 8.67. The predicted octanol–water partition coefficient (Wildman–Crippen LogP) is 4.35. The third kappa shape index (κ3) is 5.56. The molecule has 0 spiro atoms. The molecule has 3 N–H and O–H groups in total. The first kappa shape index (κ1) is 24.6. The number of benzene rings is 1. The van der Waals surface area contributed by atoms with E-state index in [0.29, 0.717) is 5.92 Å². The Morgan fingerprint density at radius 1 is 1.29 bits per heavy atom. The van der Waals surface area contributed by atoms with Crippen molar-refractivity contribution in [3.63, 3.8) is 0 Å². The maximum atomic E-state index is 13.4. The van der Waals surface area contributed by atoms with E-state index in [9.17, 15) is 18.0 Å². The van der Waals surface area contributed by atoms with Crippen LogP contribution in [0.4, 0.5) is 18.9 Å². The van der Waals surface area contributed by atoms with Crippen molar-refractivity contribution in [3.8, 4) is 11.5 Å². The van der Waals surface area contributed by atoms with Gasteiger partial charge in [-0.15, -0.1) is 29.9 Å². The summed E-state index contributed by atoms with van der Waals surface area (Å²) in [5.74, 6) is -0.760. The van der Waals surface area contributed by atoms with Crippen molar-refractivity contribution in [2.24, 2.45) is 5.92 Å². The van der Waals surface area contributed by atoms with Crippen LogP contribution in [-0.4, -0.2) is 29.3 Å². The Bertz CT molecular complexity index is 835. The number of hydrogen-bond acceptors (Lipinski definition) is 5. The maximum Gasteiger partial charge on any atom is 0.434 e. The highest BCUT2D eigenvalue weighted by molar-refractivity contribution is 6.34. The zero-order valence-electron chi connectivity index (χ0n) is 14.7. The summed E-state index contributed by atoms with van der Waals surface area (Å²) in [5, 5.41) is 11.6. The normalized spacial score (nSPS) is 16.0. The van der Waals surface area contributed by atoms with Gasteiger partial charge in [0, 0.05) is 11.6 Å². The van der Waals surface area contributed by atoms with Crippen LogP contribution in [0.25, 0.3) is 11.5 Å². The number of alkyl halides is 3. The van der Waals surface area contributed by atoms with Crippen LogP contribution in [-0.2, 0) is 6.18 Å². The lowest BCUT2D eigenvalue weighted by atomic mass is 9.91. The van der Waals surface area contributed by atoms with Crippen LogP contribution in [0.3, 0.4) is 0 Å². The SMILES string of the molecule is C[C@H](Nc1cc(-c2n[nH]c(=O)o2)cc(C(F)(F)F)c1Cl)C1CCNCC1.Cl.Cl. The predicted molar refractivity (Wildman–Crippen MR) is 106 cm³/mol. The number of aromatic amines is 1. The molecule has 0 unspecified atom stereocenters. The molecule has 2 aromatic rings. The van der Waals surface area contributed by atoms with E-state index in [0.717, 1.165) is 32.0 Å². The van der Waals surface area contributed by atoms with Crippen LogP contribution >= 0.6 is 36.4 Å². The summed E-state index contributed by atoms with van der Waals surface area (Å²) in [6, 6.07) is 2.16. The van der Waals surface area contributed by atoms with Crippen molar-refractivity contribution in [2.75, 3.05) is 18.4 Å². The third-order valence-corrected chi connectivity index (χ3v) is 4.94. The Hall–Kier alpha value is -1.42. The Morgan fingerprint density at radius 2 is 1.93 bits per heavy atom. The van der Waals surface area contributed by atoms with Crippen molar-refractivity contribution in [1.29, 1.82) is 0 Å². The number of hydrogen-bond donors (Lipinski definition) is 3. The number of aromatic nitrogens is 2.